The number of hydrogen-bond acceptors (Lipinski definition) is 3. The topological polar surface area (TPSA) is 49.4 Å². The van der Waals surface area contributed by atoms with Crippen molar-refractivity contribution in [3.63, 3.8) is 0 Å². The molecule has 1 aliphatic rings. The molecule has 4 rings (SSSR count). The van der Waals surface area contributed by atoms with Gasteiger partial charge in [0.15, 0.2) is 0 Å². The van der Waals surface area contributed by atoms with Crippen molar-refractivity contribution >= 4 is 28.8 Å². The third kappa shape index (κ3) is 3.63. The molecule has 4 nitrogen and oxygen atoms in total. The summed E-state index contributed by atoms with van der Waals surface area (Å²) in [7, 11) is 0. The smallest absolute Gasteiger partial charge is 0.282 e. The molecule has 0 atom stereocenters. The number of imide groups is 1. The standard InChI is InChI=1S/C26H23FN2O2/c1-15-11-12-19(13-17(15)3)23-24(28-21-9-6-8-20(27)14-21)26(31)29(25(23)30)22-10-5-7-16(2)18(22)4/h5-14,28H,1-4H3. The van der Waals surface area contributed by atoms with Gasteiger partial charge in [-0.1, -0.05) is 36.4 Å². The molecule has 0 bridgehead atoms. The Morgan fingerprint density at radius 3 is 2.23 bits per heavy atom. The first-order chi connectivity index (χ1) is 14.8. The summed E-state index contributed by atoms with van der Waals surface area (Å²) in [4.78, 5) is 28.3. The van der Waals surface area contributed by atoms with Crippen LogP contribution in [0.2, 0.25) is 0 Å². The van der Waals surface area contributed by atoms with Gasteiger partial charge in [-0.05, 0) is 79.8 Å². The highest BCUT2D eigenvalue weighted by molar-refractivity contribution is 6.46. The van der Waals surface area contributed by atoms with E-state index in [-0.39, 0.29) is 11.3 Å². The number of rotatable bonds is 4. The maximum Gasteiger partial charge on any atom is 0.282 e. The van der Waals surface area contributed by atoms with E-state index in [1.165, 1.54) is 17.0 Å². The number of carbonyl (C=O) groups excluding carboxylic acids is 2. The van der Waals surface area contributed by atoms with Gasteiger partial charge in [-0.25, -0.2) is 9.29 Å². The highest BCUT2D eigenvalue weighted by Gasteiger charge is 2.41. The molecule has 0 unspecified atom stereocenters. The lowest BCUT2D eigenvalue weighted by molar-refractivity contribution is -0.120. The first-order valence-electron chi connectivity index (χ1n) is 10.1. The minimum absolute atomic E-state index is 0.139. The number of nitrogens with zero attached hydrogens (tertiary/aromatic N) is 1. The molecule has 0 fully saturated rings. The Kier molecular flexibility index (Phi) is 5.19. The number of aryl methyl sites for hydroxylation is 3. The van der Waals surface area contributed by atoms with Gasteiger partial charge in [-0.2, -0.15) is 0 Å². The van der Waals surface area contributed by atoms with E-state index in [1.807, 2.05) is 58.0 Å². The summed E-state index contributed by atoms with van der Waals surface area (Å²) in [5.74, 6) is -1.29. The minimum Gasteiger partial charge on any atom is -0.350 e. The van der Waals surface area contributed by atoms with E-state index in [2.05, 4.69) is 5.32 Å². The molecule has 0 aliphatic carbocycles. The van der Waals surface area contributed by atoms with Crippen LogP contribution in [0.25, 0.3) is 5.57 Å². The van der Waals surface area contributed by atoms with Crippen LogP contribution >= 0.6 is 0 Å². The van der Waals surface area contributed by atoms with Crippen LogP contribution < -0.4 is 10.2 Å². The molecule has 3 aromatic carbocycles. The van der Waals surface area contributed by atoms with Crippen LogP contribution in [-0.2, 0) is 9.59 Å². The summed E-state index contributed by atoms with van der Waals surface area (Å²) in [6.45, 7) is 7.78. The lowest BCUT2D eigenvalue weighted by Crippen LogP contribution is -2.33. The lowest BCUT2D eigenvalue weighted by atomic mass is 9.99. The van der Waals surface area contributed by atoms with E-state index in [4.69, 9.17) is 0 Å². The molecule has 0 aromatic heterocycles. The molecule has 0 saturated heterocycles. The highest BCUT2D eigenvalue weighted by atomic mass is 19.1. The zero-order chi connectivity index (χ0) is 22.3. The van der Waals surface area contributed by atoms with Crippen molar-refractivity contribution in [1.82, 2.24) is 0 Å². The van der Waals surface area contributed by atoms with Crippen LogP contribution in [0.3, 0.4) is 0 Å². The number of hydrogen-bond donors (Lipinski definition) is 1. The van der Waals surface area contributed by atoms with Crippen LogP contribution in [0, 0.1) is 33.5 Å². The fourth-order valence-electron chi connectivity index (χ4n) is 3.72. The average molecular weight is 414 g/mol. The van der Waals surface area contributed by atoms with Crippen molar-refractivity contribution in [2.75, 3.05) is 10.2 Å². The average Bonchev–Trinajstić information content (AvgIpc) is 2.96. The monoisotopic (exact) mass is 414 g/mol. The highest BCUT2D eigenvalue weighted by Crippen LogP contribution is 2.36. The summed E-state index contributed by atoms with van der Waals surface area (Å²) in [5, 5.41) is 3.01. The van der Waals surface area contributed by atoms with Gasteiger partial charge in [0.1, 0.15) is 11.5 Å². The van der Waals surface area contributed by atoms with Gasteiger partial charge in [0.05, 0.1) is 11.3 Å². The first kappa shape index (κ1) is 20.5. The molecular weight excluding hydrogens is 391 g/mol. The van der Waals surface area contributed by atoms with Crippen LogP contribution in [-0.4, -0.2) is 11.8 Å². The van der Waals surface area contributed by atoms with Crippen LogP contribution in [0.15, 0.2) is 66.4 Å². The predicted molar refractivity (Wildman–Crippen MR) is 121 cm³/mol. The Labute approximate surface area is 181 Å². The van der Waals surface area contributed by atoms with E-state index in [9.17, 15) is 14.0 Å². The number of anilines is 2. The molecule has 156 valence electrons. The Morgan fingerprint density at radius 2 is 1.52 bits per heavy atom. The second kappa shape index (κ2) is 7.84. The summed E-state index contributed by atoms with van der Waals surface area (Å²) in [6, 6.07) is 17.0. The van der Waals surface area contributed by atoms with Gasteiger partial charge < -0.3 is 5.32 Å². The lowest BCUT2D eigenvalue weighted by Gasteiger charge is -2.19. The van der Waals surface area contributed by atoms with Gasteiger partial charge >= 0.3 is 0 Å². The molecule has 5 heteroatoms. The number of amides is 2. The van der Waals surface area contributed by atoms with E-state index in [1.54, 1.807) is 18.2 Å². The van der Waals surface area contributed by atoms with Crippen LogP contribution in [0.4, 0.5) is 15.8 Å². The predicted octanol–water partition coefficient (Wildman–Crippen LogP) is 5.46. The van der Waals surface area contributed by atoms with E-state index in [0.29, 0.717) is 16.9 Å². The largest absolute Gasteiger partial charge is 0.350 e. The second-order valence-electron chi connectivity index (χ2n) is 7.85. The van der Waals surface area contributed by atoms with Crippen molar-refractivity contribution < 1.29 is 14.0 Å². The van der Waals surface area contributed by atoms with Gasteiger partial charge in [0.2, 0.25) is 0 Å². The molecule has 2 amide bonds. The normalized spacial score (nSPS) is 13.9. The van der Waals surface area contributed by atoms with E-state index < -0.39 is 17.6 Å². The number of nitrogens with one attached hydrogen (secondary N) is 1. The number of halogens is 1. The van der Waals surface area contributed by atoms with E-state index >= 15 is 0 Å². The van der Waals surface area contributed by atoms with Crippen molar-refractivity contribution in [3.8, 4) is 0 Å². The summed E-state index contributed by atoms with van der Waals surface area (Å²) >= 11 is 0. The van der Waals surface area contributed by atoms with Gasteiger partial charge in [0, 0.05) is 5.69 Å². The van der Waals surface area contributed by atoms with Gasteiger partial charge in [-0.3, -0.25) is 9.59 Å². The summed E-state index contributed by atoms with van der Waals surface area (Å²) in [6.07, 6.45) is 0. The third-order valence-electron chi connectivity index (χ3n) is 5.79. The number of carbonyl (C=O) groups is 2. The Hall–Kier alpha value is -3.73. The fraction of sp³-hybridized carbons (Fsp3) is 0.154. The van der Waals surface area contributed by atoms with Crippen molar-refractivity contribution in [2.24, 2.45) is 0 Å². The summed E-state index contributed by atoms with van der Waals surface area (Å²) < 4.78 is 13.8. The summed E-state index contributed by atoms with van der Waals surface area (Å²) in [5.41, 5.74) is 5.96. The Balaban J connectivity index is 1.88. The minimum atomic E-state index is -0.462. The number of benzene rings is 3. The first-order valence-corrected chi connectivity index (χ1v) is 10.1. The van der Waals surface area contributed by atoms with Crippen molar-refractivity contribution in [2.45, 2.75) is 27.7 Å². The quantitative estimate of drug-likeness (QED) is 0.577. The van der Waals surface area contributed by atoms with Crippen molar-refractivity contribution in [1.29, 1.82) is 0 Å². The zero-order valence-corrected chi connectivity index (χ0v) is 17.9. The van der Waals surface area contributed by atoms with E-state index in [0.717, 1.165) is 22.3 Å². The molecule has 1 heterocycles. The van der Waals surface area contributed by atoms with Gasteiger partial charge in [0.25, 0.3) is 11.8 Å². The van der Waals surface area contributed by atoms with Crippen LogP contribution in [0.1, 0.15) is 27.8 Å². The SMILES string of the molecule is Cc1ccc(C2=C(Nc3cccc(F)c3)C(=O)N(c3cccc(C)c3C)C2=O)cc1C. The van der Waals surface area contributed by atoms with Crippen LogP contribution in [0.5, 0.6) is 0 Å². The Bertz CT molecular complexity index is 1260. The Morgan fingerprint density at radius 1 is 0.774 bits per heavy atom. The fourth-order valence-corrected chi connectivity index (χ4v) is 3.72. The van der Waals surface area contributed by atoms with Gasteiger partial charge in [-0.15, -0.1) is 0 Å². The molecule has 31 heavy (non-hydrogen) atoms. The molecule has 3 aromatic rings. The zero-order valence-electron chi connectivity index (χ0n) is 17.9. The maximum absolute atomic E-state index is 13.8. The second-order valence-corrected chi connectivity index (χ2v) is 7.85. The third-order valence-corrected chi connectivity index (χ3v) is 5.79. The molecule has 1 N–H and O–H groups in total. The molecule has 0 radical (unpaired) electrons. The molecule has 0 saturated carbocycles. The molecular formula is C26H23FN2O2. The molecule has 1 aliphatic heterocycles. The maximum atomic E-state index is 13.8. The van der Waals surface area contributed by atoms with Crippen molar-refractivity contribution in [3.05, 3.63) is 100.0 Å². The molecule has 0 spiro atoms.